The number of carbonyl (C=O) groups is 2. The first-order chi connectivity index (χ1) is 9.66. The van der Waals surface area contributed by atoms with Crippen LogP contribution in [-0.4, -0.2) is 33.8 Å². The van der Waals surface area contributed by atoms with Gasteiger partial charge in [0.05, 0.1) is 17.8 Å². The fraction of sp³-hybridized carbons (Fsp3) is 0.533. The van der Waals surface area contributed by atoms with E-state index in [4.69, 9.17) is 0 Å². The average molecular weight is 273 g/mol. The molecule has 0 bridgehead atoms. The Morgan fingerprint density at radius 3 is 2.75 bits per heavy atom. The van der Waals surface area contributed by atoms with Crippen LogP contribution in [-0.2, 0) is 9.59 Å². The highest BCUT2D eigenvalue weighted by atomic mass is 16.2. The van der Waals surface area contributed by atoms with E-state index in [-0.39, 0.29) is 24.3 Å². The van der Waals surface area contributed by atoms with Gasteiger partial charge >= 0.3 is 0 Å². The summed E-state index contributed by atoms with van der Waals surface area (Å²) in [5, 5.41) is 3.17. The second-order valence-electron chi connectivity index (χ2n) is 5.58. The molecule has 1 aliphatic heterocycles. The molecule has 2 amide bonds. The van der Waals surface area contributed by atoms with E-state index in [0.29, 0.717) is 0 Å². The molecular formula is C15H19N3O2. The van der Waals surface area contributed by atoms with Crippen molar-refractivity contribution in [1.82, 2.24) is 9.88 Å². The molecule has 5 nitrogen and oxygen atoms in total. The Kier molecular flexibility index (Phi) is 3.42. The summed E-state index contributed by atoms with van der Waals surface area (Å²) in [6, 6.07) is 3.40. The van der Waals surface area contributed by atoms with Gasteiger partial charge in [-0.2, -0.15) is 0 Å². The first-order valence-electron chi connectivity index (χ1n) is 7.21. The van der Waals surface area contributed by atoms with Crippen molar-refractivity contribution in [3.63, 3.8) is 0 Å². The van der Waals surface area contributed by atoms with Crippen LogP contribution in [0.4, 0.5) is 5.69 Å². The molecule has 1 unspecified atom stereocenters. The number of nitrogens with one attached hydrogen (secondary N) is 1. The van der Waals surface area contributed by atoms with Crippen LogP contribution in [0.5, 0.6) is 0 Å². The van der Waals surface area contributed by atoms with Crippen LogP contribution in [0.3, 0.4) is 0 Å². The third-order valence-corrected chi connectivity index (χ3v) is 4.21. The van der Waals surface area contributed by atoms with Crippen LogP contribution < -0.4 is 5.32 Å². The van der Waals surface area contributed by atoms with E-state index in [0.717, 1.165) is 37.1 Å². The van der Waals surface area contributed by atoms with Gasteiger partial charge in [-0.25, -0.2) is 0 Å². The number of amides is 2. The molecule has 1 N–H and O–H groups in total. The molecule has 20 heavy (non-hydrogen) atoms. The topological polar surface area (TPSA) is 62.3 Å². The minimum absolute atomic E-state index is 0.0408. The zero-order chi connectivity index (χ0) is 14.1. The van der Waals surface area contributed by atoms with Crippen LogP contribution in [0.2, 0.25) is 0 Å². The van der Waals surface area contributed by atoms with Crippen molar-refractivity contribution >= 4 is 17.5 Å². The summed E-state index contributed by atoms with van der Waals surface area (Å²) in [5.74, 6) is -0.119. The number of hydrogen-bond acceptors (Lipinski definition) is 4. The van der Waals surface area contributed by atoms with Gasteiger partial charge in [0.2, 0.25) is 5.91 Å². The summed E-state index contributed by atoms with van der Waals surface area (Å²) in [7, 11) is 0. The Bertz CT molecular complexity index is 538. The van der Waals surface area contributed by atoms with Gasteiger partial charge in [0, 0.05) is 12.2 Å². The Hall–Kier alpha value is -1.91. The van der Waals surface area contributed by atoms with Crippen molar-refractivity contribution in [3.05, 3.63) is 24.0 Å². The number of hydrogen-bond donors (Lipinski definition) is 1. The lowest BCUT2D eigenvalue weighted by Gasteiger charge is -2.22. The van der Waals surface area contributed by atoms with Gasteiger partial charge in [0.15, 0.2) is 0 Å². The number of aromatic nitrogens is 1. The lowest BCUT2D eigenvalue weighted by Crippen LogP contribution is -2.41. The quantitative estimate of drug-likeness (QED) is 0.854. The third kappa shape index (κ3) is 2.28. The van der Waals surface area contributed by atoms with E-state index < -0.39 is 6.04 Å². The number of rotatable bonds is 3. The fourth-order valence-electron chi connectivity index (χ4n) is 3.13. The largest absolute Gasteiger partial charge is 0.372 e. The van der Waals surface area contributed by atoms with Crippen LogP contribution in [0, 0.1) is 6.92 Å². The van der Waals surface area contributed by atoms with E-state index >= 15 is 0 Å². The Balaban J connectivity index is 1.74. The van der Waals surface area contributed by atoms with Gasteiger partial charge in [0.25, 0.3) is 5.91 Å². The summed E-state index contributed by atoms with van der Waals surface area (Å²) in [6.45, 7) is 1.89. The van der Waals surface area contributed by atoms with Gasteiger partial charge in [-0.3, -0.25) is 19.5 Å². The first-order valence-corrected chi connectivity index (χ1v) is 7.21. The summed E-state index contributed by atoms with van der Waals surface area (Å²) in [4.78, 5) is 30.2. The zero-order valence-electron chi connectivity index (χ0n) is 11.6. The van der Waals surface area contributed by atoms with Crippen LogP contribution in [0.15, 0.2) is 18.3 Å². The molecule has 0 spiro atoms. The van der Waals surface area contributed by atoms with Gasteiger partial charge in [0.1, 0.15) is 6.04 Å². The number of nitrogens with zero attached hydrogens (tertiary/aromatic N) is 2. The summed E-state index contributed by atoms with van der Waals surface area (Å²) in [6.07, 6.45) is 6.10. The number of imide groups is 1. The van der Waals surface area contributed by atoms with Crippen LogP contribution >= 0.6 is 0 Å². The third-order valence-electron chi connectivity index (χ3n) is 4.21. The van der Waals surface area contributed by atoms with E-state index in [1.54, 1.807) is 6.20 Å². The predicted molar refractivity (Wildman–Crippen MR) is 75.1 cm³/mol. The van der Waals surface area contributed by atoms with E-state index in [9.17, 15) is 9.59 Å². The SMILES string of the molecule is Cc1ncccc1NC1CC(=O)N(C2CCCC2)C1=O. The molecule has 106 valence electrons. The number of pyridine rings is 1. The summed E-state index contributed by atoms with van der Waals surface area (Å²) >= 11 is 0. The molecular weight excluding hydrogens is 254 g/mol. The maximum absolute atomic E-state index is 12.4. The molecule has 1 aromatic heterocycles. The number of likely N-dealkylation sites (tertiary alicyclic amines) is 1. The van der Waals surface area contributed by atoms with E-state index in [2.05, 4.69) is 10.3 Å². The maximum Gasteiger partial charge on any atom is 0.252 e. The molecule has 5 heteroatoms. The molecule has 0 aromatic carbocycles. The summed E-state index contributed by atoms with van der Waals surface area (Å²) < 4.78 is 0. The Morgan fingerprint density at radius 1 is 1.30 bits per heavy atom. The summed E-state index contributed by atoms with van der Waals surface area (Å²) in [5.41, 5.74) is 1.67. The molecule has 2 aliphatic rings. The van der Waals surface area contributed by atoms with Gasteiger partial charge < -0.3 is 5.32 Å². The lowest BCUT2D eigenvalue weighted by molar-refractivity contribution is -0.141. The molecule has 1 aromatic rings. The Morgan fingerprint density at radius 2 is 2.05 bits per heavy atom. The highest BCUT2D eigenvalue weighted by Crippen LogP contribution is 2.29. The molecule has 1 saturated heterocycles. The smallest absolute Gasteiger partial charge is 0.252 e. The van der Waals surface area contributed by atoms with Crippen LogP contribution in [0.25, 0.3) is 0 Å². The standard InChI is InChI=1S/C15H19N3O2/c1-10-12(7-4-8-16-10)17-13-9-14(19)18(15(13)20)11-5-2-3-6-11/h4,7-8,11,13,17H,2-3,5-6,9H2,1H3. The second-order valence-corrected chi connectivity index (χ2v) is 5.58. The molecule has 2 fully saturated rings. The highest BCUT2D eigenvalue weighted by molar-refractivity contribution is 6.07. The van der Waals surface area contributed by atoms with E-state index in [1.807, 2.05) is 19.1 Å². The van der Waals surface area contributed by atoms with Crippen molar-refractivity contribution in [2.75, 3.05) is 5.32 Å². The number of anilines is 1. The maximum atomic E-state index is 12.4. The first kappa shape index (κ1) is 13.1. The van der Waals surface area contributed by atoms with Crippen molar-refractivity contribution in [3.8, 4) is 0 Å². The minimum atomic E-state index is -0.439. The highest BCUT2D eigenvalue weighted by Gasteiger charge is 2.43. The minimum Gasteiger partial charge on any atom is -0.372 e. The van der Waals surface area contributed by atoms with Crippen molar-refractivity contribution in [2.45, 2.75) is 51.1 Å². The average Bonchev–Trinajstić information content (AvgIpc) is 3.02. The van der Waals surface area contributed by atoms with E-state index in [1.165, 1.54) is 4.90 Å². The van der Waals surface area contributed by atoms with Crippen LogP contribution in [0.1, 0.15) is 37.8 Å². The van der Waals surface area contributed by atoms with Gasteiger partial charge in [-0.15, -0.1) is 0 Å². The monoisotopic (exact) mass is 273 g/mol. The normalized spacial score (nSPS) is 23.6. The van der Waals surface area contributed by atoms with Gasteiger partial charge in [-0.05, 0) is 31.9 Å². The molecule has 3 rings (SSSR count). The fourth-order valence-corrected chi connectivity index (χ4v) is 3.13. The molecule has 2 heterocycles. The molecule has 0 radical (unpaired) electrons. The van der Waals surface area contributed by atoms with Crippen molar-refractivity contribution in [1.29, 1.82) is 0 Å². The molecule has 1 atom stereocenters. The van der Waals surface area contributed by atoms with Crippen molar-refractivity contribution in [2.24, 2.45) is 0 Å². The van der Waals surface area contributed by atoms with Crippen molar-refractivity contribution < 1.29 is 9.59 Å². The molecule has 1 saturated carbocycles. The van der Waals surface area contributed by atoms with Gasteiger partial charge in [-0.1, -0.05) is 12.8 Å². The second kappa shape index (κ2) is 5.23. The predicted octanol–water partition coefficient (Wildman–Crippen LogP) is 1.87. The molecule has 1 aliphatic carbocycles. The lowest BCUT2D eigenvalue weighted by atomic mass is 10.2. The zero-order valence-corrected chi connectivity index (χ0v) is 11.6. The number of aryl methyl sites for hydroxylation is 1. The Labute approximate surface area is 118 Å². The number of carbonyl (C=O) groups excluding carboxylic acids is 2.